The fourth-order valence-electron chi connectivity index (χ4n) is 2.05. The Kier molecular flexibility index (Phi) is 5.40. The molecular weight excluding hydrogens is 284 g/mol. The maximum absolute atomic E-state index is 12.2. The molecule has 2 rings (SSSR count). The molecule has 0 fully saturated rings. The van der Waals surface area contributed by atoms with Gasteiger partial charge in [-0.3, -0.25) is 4.79 Å². The van der Waals surface area contributed by atoms with E-state index in [2.05, 4.69) is 19.1 Å². The Labute approximate surface area is 130 Å². The lowest BCUT2D eigenvalue weighted by Crippen LogP contribution is -2.25. The maximum Gasteiger partial charge on any atom is 0.177 e. The first-order valence-electron chi connectivity index (χ1n) is 7.11. The summed E-state index contributed by atoms with van der Waals surface area (Å²) in [5.74, 6) is 0.670. The number of ketones is 1. The Morgan fingerprint density at radius 2 is 1.81 bits per heavy atom. The topological polar surface area (TPSA) is 26.3 Å². The van der Waals surface area contributed by atoms with Crippen molar-refractivity contribution in [2.24, 2.45) is 0 Å². The molecule has 1 unspecified atom stereocenters. The number of hydrogen-bond acceptors (Lipinski definition) is 2. The third-order valence-electron chi connectivity index (χ3n) is 3.37. The van der Waals surface area contributed by atoms with Crippen molar-refractivity contribution in [2.45, 2.75) is 32.8 Å². The lowest BCUT2D eigenvalue weighted by Gasteiger charge is -2.14. The fourth-order valence-corrected chi connectivity index (χ4v) is 2.23. The quantitative estimate of drug-likeness (QED) is 0.786. The summed E-state index contributed by atoms with van der Waals surface area (Å²) in [5, 5.41) is 0.599. The summed E-state index contributed by atoms with van der Waals surface area (Å²) in [6.07, 6.45) is 0.892. The Morgan fingerprint density at radius 1 is 1.14 bits per heavy atom. The van der Waals surface area contributed by atoms with Crippen LogP contribution in [0.15, 0.2) is 48.5 Å². The maximum atomic E-state index is 12.2. The molecule has 0 radical (unpaired) electrons. The summed E-state index contributed by atoms with van der Waals surface area (Å²) in [5.41, 5.74) is 2.29. The van der Waals surface area contributed by atoms with Gasteiger partial charge in [0.2, 0.25) is 0 Å². The fraction of sp³-hybridized carbons (Fsp3) is 0.278. The van der Waals surface area contributed by atoms with Gasteiger partial charge in [-0.1, -0.05) is 48.9 Å². The Morgan fingerprint density at radius 3 is 2.43 bits per heavy atom. The molecule has 110 valence electrons. The molecule has 0 saturated carbocycles. The SMILES string of the molecule is CCc1ccc(CC(=O)C(C)Oc2cccc(Cl)c2)cc1. The van der Waals surface area contributed by atoms with E-state index < -0.39 is 6.10 Å². The molecule has 0 aliphatic carbocycles. The van der Waals surface area contributed by atoms with E-state index in [1.54, 1.807) is 31.2 Å². The van der Waals surface area contributed by atoms with E-state index in [9.17, 15) is 4.79 Å². The molecule has 3 heteroatoms. The molecule has 0 saturated heterocycles. The van der Waals surface area contributed by atoms with E-state index in [1.165, 1.54) is 5.56 Å². The van der Waals surface area contributed by atoms with Crippen LogP contribution in [0.2, 0.25) is 5.02 Å². The van der Waals surface area contributed by atoms with Crippen LogP contribution in [-0.4, -0.2) is 11.9 Å². The lowest BCUT2D eigenvalue weighted by molar-refractivity contribution is -0.124. The van der Waals surface area contributed by atoms with Crippen molar-refractivity contribution < 1.29 is 9.53 Å². The van der Waals surface area contributed by atoms with Gasteiger partial charge < -0.3 is 4.74 Å². The van der Waals surface area contributed by atoms with Gasteiger partial charge in [0.1, 0.15) is 5.75 Å². The van der Waals surface area contributed by atoms with Crippen molar-refractivity contribution in [3.8, 4) is 5.75 Å². The molecule has 2 aromatic carbocycles. The zero-order chi connectivity index (χ0) is 15.2. The van der Waals surface area contributed by atoms with E-state index in [0.717, 1.165) is 12.0 Å². The summed E-state index contributed by atoms with van der Waals surface area (Å²) in [6.45, 7) is 3.88. The van der Waals surface area contributed by atoms with Gasteiger partial charge in [-0.25, -0.2) is 0 Å². The van der Waals surface area contributed by atoms with Crippen LogP contribution in [0.3, 0.4) is 0 Å². The molecule has 0 bridgehead atoms. The van der Waals surface area contributed by atoms with Crippen LogP contribution in [-0.2, 0) is 17.6 Å². The third kappa shape index (κ3) is 4.61. The largest absolute Gasteiger partial charge is 0.483 e. The van der Waals surface area contributed by atoms with Crippen molar-refractivity contribution in [1.29, 1.82) is 0 Å². The first kappa shape index (κ1) is 15.6. The van der Waals surface area contributed by atoms with Crippen molar-refractivity contribution in [3.63, 3.8) is 0 Å². The van der Waals surface area contributed by atoms with E-state index >= 15 is 0 Å². The molecule has 1 atom stereocenters. The van der Waals surface area contributed by atoms with Gasteiger partial charge in [-0.15, -0.1) is 0 Å². The van der Waals surface area contributed by atoms with Crippen molar-refractivity contribution in [1.82, 2.24) is 0 Å². The minimum absolute atomic E-state index is 0.0548. The van der Waals surface area contributed by atoms with Gasteiger partial charge in [0.25, 0.3) is 0 Å². The van der Waals surface area contributed by atoms with Gasteiger partial charge in [0, 0.05) is 11.4 Å². The summed E-state index contributed by atoms with van der Waals surface area (Å²) >= 11 is 5.90. The van der Waals surface area contributed by atoms with Crippen molar-refractivity contribution in [3.05, 3.63) is 64.7 Å². The predicted octanol–water partition coefficient (Wildman–Crippen LogP) is 4.48. The van der Waals surface area contributed by atoms with Crippen LogP contribution >= 0.6 is 11.6 Å². The molecule has 0 heterocycles. The second kappa shape index (κ2) is 7.28. The number of carbonyl (C=O) groups is 1. The first-order chi connectivity index (χ1) is 10.1. The first-order valence-corrected chi connectivity index (χ1v) is 7.49. The number of Topliss-reactive ketones (excluding diaryl/α,β-unsaturated/α-hetero) is 1. The molecule has 0 aromatic heterocycles. The van der Waals surface area contributed by atoms with Gasteiger partial charge in [-0.05, 0) is 42.7 Å². The zero-order valence-corrected chi connectivity index (χ0v) is 13.1. The van der Waals surface area contributed by atoms with Gasteiger partial charge in [0.15, 0.2) is 11.9 Å². The number of rotatable bonds is 6. The molecule has 0 aliphatic rings. The normalized spacial score (nSPS) is 12.0. The van der Waals surface area contributed by atoms with Crippen LogP contribution in [0.4, 0.5) is 0 Å². The molecule has 0 spiro atoms. The minimum Gasteiger partial charge on any atom is -0.483 e. The average Bonchev–Trinajstić information content (AvgIpc) is 2.48. The van der Waals surface area contributed by atoms with Crippen molar-refractivity contribution in [2.75, 3.05) is 0 Å². The van der Waals surface area contributed by atoms with Crippen LogP contribution in [0, 0.1) is 0 Å². The Balaban J connectivity index is 1.95. The number of benzene rings is 2. The smallest absolute Gasteiger partial charge is 0.177 e. The molecule has 0 N–H and O–H groups in total. The van der Waals surface area contributed by atoms with Gasteiger partial charge in [0.05, 0.1) is 0 Å². The number of hydrogen-bond donors (Lipinski definition) is 0. The number of ether oxygens (including phenoxy) is 1. The standard InChI is InChI=1S/C18H19ClO2/c1-3-14-7-9-15(10-8-14)11-18(20)13(2)21-17-6-4-5-16(19)12-17/h4-10,12-13H,3,11H2,1-2H3. The number of carbonyl (C=O) groups excluding carboxylic acids is 1. The second-order valence-electron chi connectivity index (χ2n) is 5.03. The average molecular weight is 303 g/mol. The van der Waals surface area contributed by atoms with Crippen LogP contribution in [0.25, 0.3) is 0 Å². The highest BCUT2D eigenvalue weighted by atomic mass is 35.5. The number of halogens is 1. The highest BCUT2D eigenvalue weighted by Crippen LogP contribution is 2.19. The molecule has 0 amide bonds. The van der Waals surface area contributed by atoms with E-state index in [4.69, 9.17) is 16.3 Å². The summed E-state index contributed by atoms with van der Waals surface area (Å²) < 4.78 is 5.64. The molecule has 0 aliphatic heterocycles. The van der Waals surface area contributed by atoms with E-state index in [1.807, 2.05) is 12.1 Å². The highest BCUT2D eigenvalue weighted by Gasteiger charge is 2.15. The molecule has 2 nitrogen and oxygen atoms in total. The molecule has 21 heavy (non-hydrogen) atoms. The summed E-state index contributed by atoms with van der Waals surface area (Å²) in [7, 11) is 0. The van der Waals surface area contributed by atoms with Crippen LogP contribution < -0.4 is 4.74 Å². The van der Waals surface area contributed by atoms with Gasteiger partial charge in [-0.2, -0.15) is 0 Å². The van der Waals surface area contributed by atoms with Crippen LogP contribution in [0.5, 0.6) is 5.75 Å². The van der Waals surface area contributed by atoms with Gasteiger partial charge >= 0.3 is 0 Å². The summed E-state index contributed by atoms with van der Waals surface area (Å²) in [4.78, 5) is 12.2. The van der Waals surface area contributed by atoms with E-state index in [0.29, 0.717) is 17.2 Å². The van der Waals surface area contributed by atoms with Crippen LogP contribution in [0.1, 0.15) is 25.0 Å². The third-order valence-corrected chi connectivity index (χ3v) is 3.61. The monoisotopic (exact) mass is 302 g/mol. The highest BCUT2D eigenvalue weighted by molar-refractivity contribution is 6.30. The number of aryl methyl sites for hydroxylation is 1. The van der Waals surface area contributed by atoms with E-state index in [-0.39, 0.29) is 5.78 Å². The minimum atomic E-state index is -0.491. The second-order valence-corrected chi connectivity index (χ2v) is 5.47. The Hall–Kier alpha value is -1.80. The summed E-state index contributed by atoms with van der Waals surface area (Å²) in [6, 6.07) is 15.2. The molecule has 2 aromatic rings. The molecular formula is C18H19ClO2. The predicted molar refractivity (Wildman–Crippen MR) is 86.1 cm³/mol. The Bertz CT molecular complexity index is 605. The lowest BCUT2D eigenvalue weighted by atomic mass is 10.0. The zero-order valence-electron chi connectivity index (χ0n) is 12.3. The van der Waals surface area contributed by atoms with Crippen molar-refractivity contribution >= 4 is 17.4 Å².